The molecule has 5 rings (SSSR count). The fraction of sp³-hybridized carbons (Fsp3) is 0.316. The molecule has 1 unspecified atom stereocenters. The van der Waals surface area contributed by atoms with E-state index in [1.807, 2.05) is 25.1 Å². The van der Waals surface area contributed by atoms with Crippen LogP contribution in [0, 0.1) is 0 Å². The van der Waals surface area contributed by atoms with Gasteiger partial charge in [0.15, 0.2) is 11.6 Å². The first-order chi connectivity index (χ1) is 13.9. The Morgan fingerprint density at radius 3 is 3.03 bits per heavy atom. The summed E-state index contributed by atoms with van der Waals surface area (Å²) in [5.74, 6) is -0.223. The van der Waals surface area contributed by atoms with Gasteiger partial charge in [-0.25, -0.2) is 9.37 Å². The van der Waals surface area contributed by atoms with E-state index in [1.165, 1.54) is 0 Å². The molecule has 0 amide bonds. The monoisotopic (exact) mass is 414 g/mol. The van der Waals surface area contributed by atoms with Crippen LogP contribution < -0.4 is 16.4 Å². The van der Waals surface area contributed by atoms with E-state index in [9.17, 15) is 4.39 Å². The maximum Gasteiger partial charge on any atom is 0.191 e. The summed E-state index contributed by atoms with van der Waals surface area (Å²) in [5, 5.41) is 14.0. The maximum absolute atomic E-state index is 13.2. The number of hydrogen-bond donors (Lipinski definition) is 5. The molecule has 3 aromatic rings. The van der Waals surface area contributed by atoms with Gasteiger partial charge in [0.05, 0.1) is 16.5 Å². The van der Waals surface area contributed by atoms with E-state index in [2.05, 4.69) is 35.8 Å². The number of allylic oxidation sites excluding steroid dienone is 1. The van der Waals surface area contributed by atoms with Crippen molar-refractivity contribution < 1.29 is 4.39 Å². The number of anilines is 1. The molecule has 29 heavy (non-hydrogen) atoms. The number of aromatic amines is 2. The van der Waals surface area contributed by atoms with Crippen molar-refractivity contribution >= 4 is 34.7 Å². The largest absolute Gasteiger partial charge is 0.358 e. The van der Waals surface area contributed by atoms with Crippen LogP contribution in [0.2, 0.25) is 5.02 Å². The van der Waals surface area contributed by atoms with Gasteiger partial charge in [-0.2, -0.15) is 5.10 Å². The highest BCUT2D eigenvalue weighted by atomic mass is 35.5. The molecular formula is C19H20ClFN8. The van der Waals surface area contributed by atoms with E-state index in [4.69, 9.17) is 17.3 Å². The lowest BCUT2D eigenvalue weighted by molar-refractivity contribution is 0.320. The molecule has 4 atom stereocenters. The van der Waals surface area contributed by atoms with Gasteiger partial charge in [0.25, 0.3) is 0 Å². The lowest BCUT2D eigenvalue weighted by Crippen LogP contribution is -2.57. The molecule has 0 saturated heterocycles. The van der Waals surface area contributed by atoms with Crippen LogP contribution in [0.1, 0.15) is 36.6 Å². The topological polar surface area (TPSA) is 120 Å². The highest BCUT2D eigenvalue weighted by Crippen LogP contribution is 2.43. The van der Waals surface area contributed by atoms with Crippen LogP contribution in [0.4, 0.5) is 10.2 Å². The number of pyridine rings is 1. The molecule has 6 N–H and O–H groups in total. The minimum Gasteiger partial charge on any atom is -0.358 e. The number of nitrogens with zero attached hydrogens (tertiary/aromatic N) is 3. The molecule has 0 spiro atoms. The first-order valence-corrected chi connectivity index (χ1v) is 9.73. The Balaban J connectivity index is 1.33. The van der Waals surface area contributed by atoms with Gasteiger partial charge in [0.2, 0.25) is 0 Å². The minimum absolute atomic E-state index is 0.0808. The van der Waals surface area contributed by atoms with Gasteiger partial charge in [0, 0.05) is 35.8 Å². The van der Waals surface area contributed by atoms with E-state index < -0.39 is 12.0 Å². The number of aliphatic imine (C=N–C) groups is 1. The summed E-state index contributed by atoms with van der Waals surface area (Å²) in [6.07, 6.45) is 4.88. The predicted molar refractivity (Wildman–Crippen MR) is 111 cm³/mol. The zero-order valence-electron chi connectivity index (χ0n) is 15.6. The Labute approximate surface area is 170 Å². The number of H-pyrrole nitrogens is 2. The second-order valence-corrected chi connectivity index (χ2v) is 7.90. The molecule has 0 aromatic carbocycles. The Morgan fingerprint density at radius 1 is 1.41 bits per heavy atom. The molecule has 2 aliphatic rings. The Morgan fingerprint density at radius 2 is 2.24 bits per heavy atom. The number of aromatic nitrogens is 4. The summed E-state index contributed by atoms with van der Waals surface area (Å²) < 4.78 is 13.2. The van der Waals surface area contributed by atoms with Gasteiger partial charge >= 0.3 is 0 Å². The second kappa shape index (κ2) is 6.57. The molecular weight excluding hydrogens is 395 g/mol. The summed E-state index contributed by atoms with van der Waals surface area (Å²) in [5.41, 5.74) is 9.68. The third kappa shape index (κ3) is 3.26. The van der Waals surface area contributed by atoms with Crippen molar-refractivity contribution in [2.24, 2.45) is 10.7 Å². The lowest BCUT2D eigenvalue weighted by Gasteiger charge is -2.35. The summed E-state index contributed by atoms with van der Waals surface area (Å²) in [6, 6.07) is 5.63. The highest BCUT2D eigenvalue weighted by molar-refractivity contribution is 6.35. The Kier molecular flexibility index (Phi) is 4.11. The molecule has 1 saturated carbocycles. The van der Waals surface area contributed by atoms with E-state index in [0.717, 1.165) is 16.9 Å². The molecule has 150 valence electrons. The van der Waals surface area contributed by atoms with Gasteiger partial charge in [-0.15, -0.1) is 0 Å². The van der Waals surface area contributed by atoms with Crippen molar-refractivity contribution in [3.8, 4) is 0 Å². The zero-order valence-corrected chi connectivity index (χ0v) is 16.3. The normalized spacial score (nSPS) is 26.8. The average molecular weight is 415 g/mol. The molecule has 1 aliphatic carbocycles. The van der Waals surface area contributed by atoms with Crippen LogP contribution in [0.3, 0.4) is 0 Å². The molecule has 0 bridgehead atoms. The van der Waals surface area contributed by atoms with Crippen molar-refractivity contribution in [1.82, 2.24) is 25.5 Å². The quantitative estimate of drug-likeness (QED) is 0.439. The van der Waals surface area contributed by atoms with Gasteiger partial charge in [-0.1, -0.05) is 18.5 Å². The number of nitrogens with two attached hydrogens (primary N) is 1. The predicted octanol–water partition coefficient (Wildman–Crippen LogP) is 3.11. The number of rotatable bonds is 5. The van der Waals surface area contributed by atoms with Crippen molar-refractivity contribution in [2.75, 3.05) is 5.32 Å². The standard InChI is InChI=1S/C19H20ClFN8/c1-9(13-2-3-14-18(25-13)11(20)8-23-14)19(22)24-5-4-16(27-19)26-17-7-15(28-29-17)10-6-12(10)21/h2-5,7-10,12,23,27H,6,22H2,1H3,(H2,26,28,29)/t9-,10-,12-,19?/m0/s1. The number of alkyl halides is 1. The fourth-order valence-corrected chi connectivity index (χ4v) is 3.68. The first-order valence-electron chi connectivity index (χ1n) is 9.35. The van der Waals surface area contributed by atoms with Crippen molar-refractivity contribution in [1.29, 1.82) is 0 Å². The lowest BCUT2D eigenvalue weighted by atomic mass is 9.98. The van der Waals surface area contributed by atoms with Gasteiger partial charge in [0.1, 0.15) is 17.5 Å². The second-order valence-electron chi connectivity index (χ2n) is 7.49. The summed E-state index contributed by atoms with van der Waals surface area (Å²) >= 11 is 6.20. The van der Waals surface area contributed by atoms with E-state index >= 15 is 0 Å². The molecule has 3 aromatic heterocycles. The number of halogens is 2. The molecule has 10 heteroatoms. The van der Waals surface area contributed by atoms with Crippen LogP contribution in [0.25, 0.3) is 11.0 Å². The van der Waals surface area contributed by atoms with Crippen molar-refractivity contribution in [2.45, 2.75) is 37.1 Å². The average Bonchev–Trinajstić information content (AvgIpc) is 3.09. The minimum atomic E-state index is -1.11. The van der Waals surface area contributed by atoms with E-state index in [1.54, 1.807) is 18.5 Å². The number of hydrogen-bond acceptors (Lipinski definition) is 6. The third-order valence-corrected chi connectivity index (χ3v) is 5.73. The van der Waals surface area contributed by atoms with Crippen LogP contribution >= 0.6 is 11.6 Å². The van der Waals surface area contributed by atoms with Gasteiger partial charge in [-0.05, 0) is 24.6 Å². The van der Waals surface area contributed by atoms with Crippen LogP contribution in [0.5, 0.6) is 0 Å². The van der Waals surface area contributed by atoms with Crippen LogP contribution in [-0.2, 0) is 0 Å². The summed E-state index contributed by atoms with van der Waals surface area (Å²) in [4.78, 5) is 12.2. The van der Waals surface area contributed by atoms with Crippen LogP contribution in [-0.4, -0.2) is 38.3 Å². The number of fused-ring (bicyclic) bond motifs is 1. The first kappa shape index (κ1) is 18.1. The fourth-order valence-electron chi connectivity index (χ4n) is 3.48. The molecule has 1 fully saturated rings. The smallest absolute Gasteiger partial charge is 0.191 e. The van der Waals surface area contributed by atoms with Gasteiger partial charge < -0.3 is 15.6 Å². The Hall–Kier alpha value is -2.91. The van der Waals surface area contributed by atoms with E-state index in [0.29, 0.717) is 28.6 Å². The maximum atomic E-state index is 13.2. The molecule has 4 heterocycles. The van der Waals surface area contributed by atoms with Crippen molar-refractivity contribution in [3.05, 3.63) is 52.7 Å². The molecule has 0 radical (unpaired) electrons. The molecule has 1 aliphatic heterocycles. The zero-order chi connectivity index (χ0) is 20.2. The number of nitrogens with one attached hydrogen (secondary N) is 4. The SMILES string of the molecule is C[C@@H](c1ccc2[nH]cc(Cl)c2n1)C1(N)N=CC=C(Nc2cc([C@H]3C[C@@H]3F)[nH]n2)N1. The third-order valence-electron chi connectivity index (χ3n) is 5.44. The highest BCUT2D eigenvalue weighted by Gasteiger charge is 2.40. The van der Waals surface area contributed by atoms with Gasteiger partial charge in [-0.3, -0.25) is 15.8 Å². The van der Waals surface area contributed by atoms with E-state index in [-0.39, 0.29) is 11.8 Å². The summed E-state index contributed by atoms with van der Waals surface area (Å²) in [7, 11) is 0. The van der Waals surface area contributed by atoms with Crippen molar-refractivity contribution in [3.63, 3.8) is 0 Å². The summed E-state index contributed by atoms with van der Waals surface area (Å²) in [6.45, 7) is 1.95. The van der Waals surface area contributed by atoms with Crippen LogP contribution in [0.15, 0.2) is 41.3 Å². The molecule has 8 nitrogen and oxygen atoms in total. The Bertz CT molecular complexity index is 1130.